The van der Waals surface area contributed by atoms with Gasteiger partial charge in [-0.15, -0.1) is 5.01 Å². The Morgan fingerprint density at radius 2 is 1.75 bits per heavy atom. The fourth-order valence-corrected chi connectivity index (χ4v) is 3.67. The maximum atomic E-state index is 14.1. The minimum absolute atomic E-state index is 0.279. The van der Waals surface area contributed by atoms with Crippen LogP contribution in [0.1, 0.15) is 48.0 Å². The molecular formula is C21H34FN3O3. The zero-order valence-corrected chi connectivity index (χ0v) is 17.9. The maximum Gasteiger partial charge on any atom is 0.537 e. The minimum atomic E-state index is -1.12. The summed E-state index contributed by atoms with van der Waals surface area (Å²) in [4.78, 5) is 14.8. The van der Waals surface area contributed by atoms with E-state index >= 15 is 0 Å². The smallest absolute Gasteiger partial charge is 0.537 e. The van der Waals surface area contributed by atoms with Crippen LogP contribution >= 0.6 is 0 Å². The van der Waals surface area contributed by atoms with Gasteiger partial charge in [0.2, 0.25) is 0 Å². The van der Waals surface area contributed by atoms with Crippen molar-refractivity contribution in [2.75, 3.05) is 31.1 Å². The average Bonchev–Trinajstić information content (AvgIpc) is 2.59. The van der Waals surface area contributed by atoms with Crippen LogP contribution in [0.2, 0.25) is 0 Å². The highest BCUT2D eigenvalue weighted by Crippen LogP contribution is 2.29. The van der Waals surface area contributed by atoms with Crippen molar-refractivity contribution in [1.82, 2.24) is 5.01 Å². The van der Waals surface area contributed by atoms with Crippen molar-refractivity contribution in [1.29, 1.82) is 0 Å². The molecule has 0 saturated carbocycles. The number of hydrogen-bond donors (Lipinski definition) is 0. The number of benzene rings is 1. The number of para-hydroxylation sites is 1. The molecule has 0 spiro atoms. The number of nitrogens with zero attached hydrogens (tertiary/aromatic N) is 3. The van der Waals surface area contributed by atoms with E-state index < -0.39 is 22.5 Å². The van der Waals surface area contributed by atoms with Gasteiger partial charge < -0.3 is 14.8 Å². The van der Waals surface area contributed by atoms with Crippen molar-refractivity contribution < 1.29 is 18.7 Å². The molecule has 1 fully saturated rings. The van der Waals surface area contributed by atoms with Gasteiger partial charge in [0.1, 0.15) is 17.5 Å². The number of hydroxylamine groups is 2. The average molecular weight is 396 g/mol. The van der Waals surface area contributed by atoms with E-state index in [1.807, 2.05) is 18.7 Å². The first-order valence-corrected chi connectivity index (χ1v) is 10.0. The van der Waals surface area contributed by atoms with Gasteiger partial charge in [0.05, 0.1) is 18.8 Å². The first-order chi connectivity index (χ1) is 12.9. The number of anilines is 1. The molecule has 0 aromatic heterocycles. The molecule has 158 valence electrons. The highest BCUT2D eigenvalue weighted by molar-refractivity contribution is 5.60. The summed E-state index contributed by atoms with van der Waals surface area (Å²) < 4.78 is 18.5. The predicted molar refractivity (Wildman–Crippen MR) is 109 cm³/mol. The van der Waals surface area contributed by atoms with Gasteiger partial charge in [0.15, 0.2) is 0 Å². The highest BCUT2D eigenvalue weighted by atomic mass is 19.1. The summed E-state index contributed by atoms with van der Waals surface area (Å²) in [5.74, 6) is 0.00253. The topological polar surface area (TPSA) is 55.8 Å². The monoisotopic (exact) mass is 395 g/mol. The standard InChI is InChI=1S/C21H34FN3O3/c1-16(2)15-17(3)25(27,20(26)28-21(4,5)6)24-13-11-23(12-14-24)19-10-8-7-9-18(19)22/h7-10,16-17H,11-15H2,1-6H3. The number of carbonyl (C=O) groups excluding carboxylic acids is 1. The number of amides is 1. The van der Waals surface area contributed by atoms with Crippen LogP contribution in [0.3, 0.4) is 0 Å². The number of carbonyl (C=O) groups is 1. The van der Waals surface area contributed by atoms with Gasteiger partial charge in [-0.1, -0.05) is 26.0 Å². The fourth-order valence-electron chi connectivity index (χ4n) is 3.67. The number of piperazine rings is 1. The zero-order chi connectivity index (χ0) is 21.1. The summed E-state index contributed by atoms with van der Waals surface area (Å²) >= 11 is 0. The van der Waals surface area contributed by atoms with E-state index in [0.717, 1.165) is 0 Å². The van der Waals surface area contributed by atoms with Gasteiger partial charge >= 0.3 is 6.09 Å². The number of quaternary nitrogens is 1. The van der Waals surface area contributed by atoms with Gasteiger partial charge in [-0.3, -0.25) is 0 Å². The van der Waals surface area contributed by atoms with Crippen molar-refractivity contribution in [3.8, 4) is 0 Å². The third kappa shape index (κ3) is 5.21. The van der Waals surface area contributed by atoms with Gasteiger partial charge in [-0.05, 0) is 45.7 Å². The largest absolute Gasteiger partial charge is 0.601 e. The quantitative estimate of drug-likeness (QED) is 0.541. The van der Waals surface area contributed by atoms with Crippen LogP contribution in [-0.2, 0) is 4.74 Å². The lowest BCUT2D eigenvalue weighted by atomic mass is 10.0. The molecule has 7 heteroatoms. The molecule has 2 atom stereocenters. The lowest BCUT2D eigenvalue weighted by molar-refractivity contribution is -0.951. The SMILES string of the molecule is CC(C)CC(C)[N+]([O-])(C(=O)OC(C)(C)C)N1CCN(c2ccccc2F)CC1. The molecule has 1 aliphatic heterocycles. The van der Waals surface area contributed by atoms with Crippen LogP contribution in [0.5, 0.6) is 0 Å². The molecule has 6 nitrogen and oxygen atoms in total. The summed E-state index contributed by atoms with van der Waals surface area (Å²) in [6.45, 7) is 12.8. The van der Waals surface area contributed by atoms with E-state index in [0.29, 0.717) is 38.3 Å². The van der Waals surface area contributed by atoms with Crippen molar-refractivity contribution in [2.45, 2.75) is 59.6 Å². The first kappa shape index (κ1) is 22.6. The Bertz CT molecular complexity index is 669. The highest BCUT2D eigenvalue weighted by Gasteiger charge is 2.45. The van der Waals surface area contributed by atoms with Crippen molar-refractivity contribution in [3.63, 3.8) is 0 Å². The summed E-state index contributed by atoms with van der Waals surface area (Å²) in [5, 5.41) is 15.5. The Balaban J connectivity index is 2.20. The molecule has 1 heterocycles. The summed E-state index contributed by atoms with van der Waals surface area (Å²) in [7, 11) is 0. The molecule has 0 aliphatic carbocycles. The number of hydrogen-bond acceptors (Lipinski definition) is 5. The predicted octanol–water partition coefficient (Wildman–Crippen LogP) is 4.55. The second kappa shape index (κ2) is 8.76. The van der Waals surface area contributed by atoms with E-state index in [4.69, 9.17) is 4.74 Å². The summed E-state index contributed by atoms with van der Waals surface area (Å²) in [6, 6.07) is 6.16. The molecule has 1 aliphatic rings. The molecule has 1 saturated heterocycles. The molecule has 28 heavy (non-hydrogen) atoms. The lowest BCUT2D eigenvalue weighted by Crippen LogP contribution is -2.68. The number of halogens is 1. The minimum Gasteiger partial charge on any atom is -0.601 e. The van der Waals surface area contributed by atoms with Crippen molar-refractivity contribution >= 4 is 11.8 Å². The van der Waals surface area contributed by atoms with E-state index in [1.165, 1.54) is 6.07 Å². The van der Waals surface area contributed by atoms with E-state index in [2.05, 4.69) is 0 Å². The molecular weight excluding hydrogens is 361 g/mol. The Morgan fingerprint density at radius 1 is 1.18 bits per heavy atom. The maximum absolute atomic E-state index is 14.1. The third-order valence-electron chi connectivity index (χ3n) is 4.93. The zero-order valence-electron chi connectivity index (χ0n) is 17.9. The third-order valence-corrected chi connectivity index (χ3v) is 4.93. The molecule has 1 aromatic carbocycles. The molecule has 2 rings (SSSR count). The number of ether oxygens (including phenoxy) is 1. The van der Waals surface area contributed by atoms with E-state index in [9.17, 15) is 14.4 Å². The Morgan fingerprint density at radius 3 is 2.25 bits per heavy atom. The van der Waals surface area contributed by atoms with E-state index in [1.54, 1.807) is 50.9 Å². The summed E-state index contributed by atoms with van der Waals surface area (Å²) in [5.41, 5.74) is -0.212. The van der Waals surface area contributed by atoms with Crippen LogP contribution in [0, 0.1) is 16.9 Å². The number of rotatable bonds is 5. The summed E-state index contributed by atoms with van der Waals surface area (Å²) in [6.07, 6.45) is -0.170. The van der Waals surface area contributed by atoms with Crippen LogP contribution in [0.25, 0.3) is 0 Å². The Labute approximate surface area is 168 Å². The van der Waals surface area contributed by atoms with Gasteiger partial charge in [0.25, 0.3) is 0 Å². The fraction of sp³-hybridized carbons (Fsp3) is 0.667. The second-order valence-corrected chi connectivity index (χ2v) is 8.97. The van der Waals surface area contributed by atoms with Crippen molar-refractivity contribution in [2.24, 2.45) is 5.92 Å². The molecule has 1 aromatic rings. The lowest BCUT2D eigenvalue weighted by Gasteiger charge is -2.52. The van der Waals surface area contributed by atoms with Gasteiger partial charge in [0, 0.05) is 19.5 Å². The van der Waals surface area contributed by atoms with E-state index in [-0.39, 0.29) is 11.7 Å². The molecule has 2 unspecified atom stereocenters. The molecule has 0 N–H and O–H groups in total. The van der Waals surface area contributed by atoms with Crippen LogP contribution in [0.15, 0.2) is 24.3 Å². The molecule has 0 bridgehead atoms. The Kier molecular flexibility index (Phi) is 7.07. The van der Waals surface area contributed by atoms with Crippen molar-refractivity contribution in [3.05, 3.63) is 35.3 Å². The molecule has 0 radical (unpaired) electrons. The van der Waals surface area contributed by atoms with Crippen LogP contribution in [0.4, 0.5) is 14.9 Å². The molecule has 1 amide bonds. The van der Waals surface area contributed by atoms with Gasteiger partial charge in [-0.25, -0.2) is 4.39 Å². The van der Waals surface area contributed by atoms with Crippen LogP contribution in [-0.4, -0.2) is 53.7 Å². The van der Waals surface area contributed by atoms with Crippen LogP contribution < -0.4 is 4.90 Å². The normalized spacial score (nSPS) is 19.4. The second-order valence-electron chi connectivity index (χ2n) is 8.97. The first-order valence-electron chi connectivity index (χ1n) is 10.0. The van der Waals surface area contributed by atoms with Gasteiger partial charge in [-0.2, -0.15) is 9.55 Å². The Hall–Kier alpha value is -1.70.